The molecule has 0 bridgehead atoms. The van der Waals surface area contributed by atoms with E-state index >= 15 is 0 Å². The Balaban J connectivity index is 1.24. The Kier molecular flexibility index (Phi) is 6.68. The molecule has 0 fully saturated rings. The summed E-state index contributed by atoms with van der Waals surface area (Å²) in [6, 6.07) is 63.1. The predicted octanol–water partition coefficient (Wildman–Crippen LogP) is 11.9. The molecule has 2 aromatic heterocycles. The number of rotatable bonds is 5. The number of ether oxygens (including phenoxy) is 1. The summed E-state index contributed by atoms with van der Waals surface area (Å²) in [6.07, 6.45) is 0. The van der Waals surface area contributed by atoms with Crippen molar-refractivity contribution in [3.63, 3.8) is 0 Å². The van der Waals surface area contributed by atoms with Crippen molar-refractivity contribution in [2.75, 3.05) is 0 Å². The van der Waals surface area contributed by atoms with Gasteiger partial charge in [0.05, 0.1) is 5.41 Å². The molecule has 0 atom stereocenters. The lowest BCUT2D eigenvalue weighted by Crippen LogP contribution is -2.34. The first kappa shape index (κ1) is 29.2. The molecule has 0 N–H and O–H groups in total. The molecule has 7 aromatic carbocycles. The lowest BCUT2D eigenvalue weighted by atomic mass is 9.63. The van der Waals surface area contributed by atoms with Crippen LogP contribution in [0.2, 0.25) is 0 Å². The minimum atomic E-state index is -0.651. The molecule has 240 valence electrons. The molecular formula is C47H30N2O2. The Bertz CT molecular complexity index is 2680. The number of furan rings is 1. The number of aromatic nitrogens is 2. The van der Waals surface area contributed by atoms with E-state index in [1.54, 1.807) is 0 Å². The molecule has 9 aromatic rings. The number of nitrogens with zero attached hydrogens (tertiary/aromatic N) is 2. The molecule has 10 rings (SSSR count). The van der Waals surface area contributed by atoms with E-state index < -0.39 is 5.41 Å². The van der Waals surface area contributed by atoms with Gasteiger partial charge in [-0.1, -0.05) is 140 Å². The predicted molar refractivity (Wildman–Crippen MR) is 204 cm³/mol. The summed E-state index contributed by atoms with van der Waals surface area (Å²) in [7, 11) is 0. The van der Waals surface area contributed by atoms with E-state index in [0.717, 1.165) is 78.2 Å². The van der Waals surface area contributed by atoms with E-state index in [1.165, 1.54) is 0 Å². The molecular weight excluding hydrogens is 625 g/mol. The smallest absolute Gasteiger partial charge is 0.180 e. The van der Waals surface area contributed by atoms with Gasteiger partial charge in [0.15, 0.2) is 11.4 Å². The molecule has 0 unspecified atom stereocenters. The molecule has 0 saturated carbocycles. The third-order valence-corrected chi connectivity index (χ3v) is 10.0. The van der Waals surface area contributed by atoms with Crippen LogP contribution in [0, 0.1) is 0 Å². The molecule has 4 nitrogen and oxygen atoms in total. The van der Waals surface area contributed by atoms with E-state index in [1.807, 2.05) is 30.3 Å². The number of fused-ring (bicyclic) bond motifs is 5. The van der Waals surface area contributed by atoms with Gasteiger partial charge < -0.3 is 9.15 Å². The topological polar surface area (TPSA) is 48.2 Å². The zero-order chi connectivity index (χ0) is 33.8. The maximum absolute atomic E-state index is 6.67. The van der Waals surface area contributed by atoms with E-state index in [9.17, 15) is 0 Å². The highest BCUT2D eigenvalue weighted by molar-refractivity contribution is 6.07. The first-order valence-electron chi connectivity index (χ1n) is 17.2. The van der Waals surface area contributed by atoms with Gasteiger partial charge in [-0.25, -0.2) is 9.97 Å². The molecule has 0 spiro atoms. The summed E-state index contributed by atoms with van der Waals surface area (Å²) < 4.78 is 13.2. The summed E-state index contributed by atoms with van der Waals surface area (Å²) in [5.74, 6) is 2.26. The van der Waals surface area contributed by atoms with Crippen molar-refractivity contribution >= 4 is 22.1 Å². The quantitative estimate of drug-likeness (QED) is 0.185. The zero-order valence-electron chi connectivity index (χ0n) is 27.5. The lowest BCUT2D eigenvalue weighted by Gasteiger charge is -2.41. The van der Waals surface area contributed by atoms with Crippen LogP contribution in [0.1, 0.15) is 22.3 Å². The Morgan fingerprint density at radius 1 is 0.431 bits per heavy atom. The van der Waals surface area contributed by atoms with Crippen LogP contribution in [-0.4, -0.2) is 9.97 Å². The van der Waals surface area contributed by atoms with Gasteiger partial charge in [-0.15, -0.1) is 0 Å². The van der Waals surface area contributed by atoms with Crippen LogP contribution < -0.4 is 4.74 Å². The van der Waals surface area contributed by atoms with E-state index in [0.29, 0.717) is 11.4 Å². The fourth-order valence-electron chi connectivity index (χ4n) is 7.74. The van der Waals surface area contributed by atoms with Crippen molar-refractivity contribution in [2.45, 2.75) is 5.41 Å². The van der Waals surface area contributed by atoms with Gasteiger partial charge in [-0.2, -0.15) is 0 Å². The second-order valence-corrected chi connectivity index (χ2v) is 12.9. The summed E-state index contributed by atoms with van der Waals surface area (Å²) in [4.78, 5) is 10.6. The zero-order valence-corrected chi connectivity index (χ0v) is 27.5. The summed E-state index contributed by atoms with van der Waals surface area (Å²) in [5, 5.41) is 0.953. The summed E-state index contributed by atoms with van der Waals surface area (Å²) in [5.41, 5.74) is 10.9. The van der Waals surface area contributed by atoms with Crippen LogP contribution in [0.25, 0.3) is 55.8 Å². The van der Waals surface area contributed by atoms with Crippen LogP contribution in [0.4, 0.5) is 0 Å². The number of benzene rings is 7. The van der Waals surface area contributed by atoms with E-state index in [-0.39, 0.29) is 0 Å². The molecule has 0 saturated heterocycles. The van der Waals surface area contributed by atoms with Gasteiger partial charge in [0.25, 0.3) is 0 Å². The summed E-state index contributed by atoms with van der Waals surface area (Å²) >= 11 is 0. The number of hydrogen-bond acceptors (Lipinski definition) is 4. The maximum atomic E-state index is 6.67. The van der Waals surface area contributed by atoms with Crippen molar-refractivity contribution in [3.05, 3.63) is 204 Å². The largest absolute Gasteiger partial charge is 0.457 e. The lowest BCUT2D eigenvalue weighted by molar-refractivity contribution is 0.434. The van der Waals surface area contributed by atoms with Gasteiger partial charge in [-0.3, -0.25) is 0 Å². The van der Waals surface area contributed by atoms with E-state index in [2.05, 4.69) is 152 Å². The van der Waals surface area contributed by atoms with Gasteiger partial charge in [-0.05, 0) is 64.7 Å². The molecule has 0 radical (unpaired) electrons. The molecule has 51 heavy (non-hydrogen) atoms. The molecule has 4 heteroatoms. The van der Waals surface area contributed by atoms with Crippen LogP contribution in [0.15, 0.2) is 186 Å². The second-order valence-electron chi connectivity index (χ2n) is 12.9. The van der Waals surface area contributed by atoms with Crippen LogP contribution in [-0.2, 0) is 5.41 Å². The minimum Gasteiger partial charge on any atom is -0.457 e. The maximum Gasteiger partial charge on any atom is 0.180 e. The average Bonchev–Trinajstić information content (AvgIpc) is 3.59. The van der Waals surface area contributed by atoms with Gasteiger partial charge in [0.1, 0.15) is 28.3 Å². The Labute approximate surface area is 295 Å². The molecule has 1 aliphatic rings. The third kappa shape index (κ3) is 4.61. The molecule has 3 heterocycles. The first-order chi connectivity index (χ1) is 25.3. The third-order valence-electron chi connectivity index (χ3n) is 10.0. The van der Waals surface area contributed by atoms with Gasteiger partial charge in [0, 0.05) is 27.6 Å². The van der Waals surface area contributed by atoms with E-state index in [4.69, 9.17) is 19.1 Å². The Morgan fingerprint density at radius 3 is 1.84 bits per heavy atom. The van der Waals surface area contributed by atoms with Gasteiger partial charge in [0.2, 0.25) is 0 Å². The van der Waals surface area contributed by atoms with Crippen LogP contribution in [0.5, 0.6) is 11.5 Å². The highest BCUT2D eigenvalue weighted by atomic mass is 16.5. The molecule has 1 aliphatic heterocycles. The molecule has 0 aliphatic carbocycles. The SMILES string of the molecule is c1ccc(-c2cccc(-c3nc(-c4ccc5c(c4)C(c4ccccc4)(c4ccccc4)c4ccccc4O5)nc4c3oc3ccccc34)c2)cc1. The average molecular weight is 655 g/mol. The molecule has 0 amide bonds. The number of hydrogen-bond donors (Lipinski definition) is 0. The monoisotopic (exact) mass is 654 g/mol. The van der Waals surface area contributed by atoms with Crippen molar-refractivity contribution in [2.24, 2.45) is 0 Å². The fourth-order valence-corrected chi connectivity index (χ4v) is 7.74. The highest BCUT2D eigenvalue weighted by Crippen LogP contribution is 2.55. The standard InChI is InChI=1S/C47H30N2O2/c1-4-15-31(16-5-1)32-17-14-18-33(29-32)43-45-44(37-23-10-12-25-40(37)51-45)49-46(48-43)34-27-28-42-39(30-34)47(35-19-6-2-7-20-35,36-21-8-3-9-22-36)38-24-11-13-26-41(38)50-42/h1-30H. The van der Waals surface area contributed by atoms with Crippen LogP contribution >= 0.6 is 0 Å². The highest BCUT2D eigenvalue weighted by Gasteiger charge is 2.45. The second kappa shape index (κ2) is 11.7. The Hall–Kier alpha value is -6.78. The minimum absolute atomic E-state index is 0.617. The van der Waals surface area contributed by atoms with Crippen molar-refractivity contribution < 1.29 is 9.15 Å². The normalized spacial score (nSPS) is 13.0. The van der Waals surface area contributed by atoms with Gasteiger partial charge >= 0.3 is 0 Å². The fraction of sp³-hybridized carbons (Fsp3) is 0.0213. The summed E-state index contributed by atoms with van der Waals surface area (Å²) in [6.45, 7) is 0. The first-order valence-corrected chi connectivity index (χ1v) is 17.2. The number of para-hydroxylation sites is 2. The van der Waals surface area contributed by atoms with Crippen molar-refractivity contribution in [3.8, 4) is 45.3 Å². The van der Waals surface area contributed by atoms with Crippen molar-refractivity contribution in [1.82, 2.24) is 9.97 Å². The van der Waals surface area contributed by atoms with Crippen LogP contribution in [0.3, 0.4) is 0 Å². The van der Waals surface area contributed by atoms with Crippen molar-refractivity contribution in [1.29, 1.82) is 0 Å². The Morgan fingerprint density at radius 2 is 1.06 bits per heavy atom.